The molecular weight excluding hydrogens is 569 g/mol. The quantitative estimate of drug-likeness (QED) is 0.205. The molecule has 0 saturated heterocycles. The average molecular weight is 603 g/mol. The van der Waals surface area contributed by atoms with Crippen molar-refractivity contribution in [2.24, 2.45) is 0 Å². The molecule has 0 radical (unpaired) electrons. The highest BCUT2D eigenvalue weighted by Gasteiger charge is 2.30. The van der Waals surface area contributed by atoms with Gasteiger partial charge in [0.05, 0.1) is 5.56 Å². The van der Waals surface area contributed by atoms with Crippen LogP contribution in [0.1, 0.15) is 49.3 Å². The second-order valence-electron chi connectivity index (χ2n) is 10.8. The van der Waals surface area contributed by atoms with Gasteiger partial charge in [-0.05, 0) is 90.4 Å². The first-order chi connectivity index (χ1) is 20.8. The number of amides is 2. The highest BCUT2D eigenvalue weighted by Crippen LogP contribution is 2.29. The Bertz CT molecular complexity index is 1640. The number of halogens is 3. The molecule has 9 heteroatoms. The van der Waals surface area contributed by atoms with Crippen LogP contribution in [0.2, 0.25) is 0 Å². The van der Waals surface area contributed by atoms with Gasteiger partial charge >= 0.3 is 18.1 Å². The summed E-state index contributed by atoms with van der Waals surface area (Å²) >= 11 is 0. The molecule has 0 unspecified atom stereocenters. The Kier molecular flexibility index (Phi) is 9.88. The molecule has 228 valence electrons. The lowest BCUT2D eigenvalue weighted by molar-refractivity contribution is -0.156. The van der Waals surface area contributed by atoms with Gasteiger partial charge in [0, 0.05) is 25.2 Å². The van der Waals surface area contributed by atoms with Gasteiger partial charge in [-0.1, -0.05) is 66.2 Å². The number of benzene rings is 4. The van der Waals surface area contributed by atoms with E-state index in [9.17, 15) is 32.7 Å². The van der Waals surface area contributed by atoms with Gasteiger partial charge in [0.2, 0.25) is 0 Å². The fourth-order valence-corrected chi connectivity index (χ4v) is 5.22. The van der Waals surface area contributed by atoms with Crippen LogP contribution in [0.3, 0.4) is 0 Å². The third-order valence-corrected chi connectivity index (χ3v) is 7.41. The monoisotopic (exact) mass is 602 g/mol. The van der Waals surface area contributed by atoms with Gasteiger partial charge < -0.3 is 15.3 Å². The van der Waals surface area contributed by atoms with Crippen LogP contribution < -0.4 is 5.32 Å². The number of nitrogens with one attached hydrogen (secondary N) is 1. The van der Waals surface area contributed by atoms with E-state index in [1.165, 1.54) is 34.4 Å². The van der Waals surface area contributed by atoms with Crippen molar-refractivity contribution in [1.82, 2.24) is 10.2 Å². The van der Waals surface area contributed by atoms with E-state index in [2.05, 4.69) is 38.2 Å². The van der Waals surface area contributed by atoms with E-state index in [0.29, 0.717) is 23.2 Å². The second-order valence-corrected chi connectivity index (χ2v) is 10.8. The highest BCUT2D eigenvalue weighted by molar-refractivity contribution is 6.31. The van der Waals surface area contributed by atoms with Gasteiger partial charge in [-0.3, -0.25) is 9.59 Å². The van der Waals surface area contributed by atoms with Gasteiger partial charge in [-0.2, -0.15) is 13.2 Å². The molecule has 2 N–H and O–H groups in total. The van der Waals surface area contributed by atoms with Crippen LogP contribution in [-0.2, 0) is 35.3 Å². The van der Waals surface area contributed by atoms with Crippen molar-refractivity contribution in [1.29, 1.82) is 0 Å². The van der Waals surface area contributed by atoms with Crippen molar-refractivity contribution in [3.63, 3.8) is 0 Å². The van der Waals surface area contributed by atoms with Crippen molar-refractivity contribution in [3.05, 3.63) is 129 Å². The third kappa shape index (κ3) is 8.12. The summed E-state index contributed by atoms with van der Waals surface area (Å²) in [5.74, 6) is -3.01. The molecule has 2 amide bonds. The number of carboxylic acids is 1. The predicted molar refractivity (Wildman–Crippen MR) is 162 cm³/mol. The molecular formula is C35H33F3N2O4. The van der Waals surface area contributed by atoms with Crippen LogP contribution in [0, 0.1) is 20.8 Å². The molecule has 0 fully saturated rings. The average Bonchev–Trinajstić information content (AvgIpc) is 2.98. The van der Waals surface area contributed by atoms with Gasteiger partial charge in [0.15, 0.2) is 0 Å². The fourth-order valence-electron chi connectivity index (χ4n) is 5.22. The lowest BCUT2D eigenvalue weighted by Crippen LogP contribution is -2.35. The zero-order chi connectivity index (χ0) is 32.0. The van der Waals surface area contributed by atoms with Crippen molar-refractivity contribution in [2.75, 3.05) is 6.54 Å². The van der Waals surface area contributed by atoms with Gasteiger partial charge in [-0.25, -0.2) is 4.79 Å². The van der Waals surface area contributed by atoms with E-state index in [-0.39, 0.29) is 19.0 Å². The SMILES string of the molecule is Cc1cc(C)c(CCNC(=O)c2cccc(-c3ccc(CN(Cc4ccc(C(F)(F)F)cc4)C(=O)C(=O)O)cc3)c2)c(C)c1. The summed E-state index contributed by atoms with van der Waals surface area (Å²) in [7, 11) is 0. The lowest BCUT2D eigenvalue weighted by Gasteiger charge is -2.21. The summed E-state index contributed by atoms with van der Waals surface area (Å²) in [5, 5.41) is 12.3. The van der Waals surface area contributed by atoms with Crippen molar-refractivity contribution in [3.8, 4) is 11.1 Å². The van der Waals surface area contributed by atoms with E-state index in [4.69, 9.17) is 0 Å². The second kappa shape index (κ2) is 13.6. The summed E-state index contributed by atoms with van der Waals surface area (Å²) in [6, 6.07) is 22.8. The number of nitrogens with zero attached hydrogens (tertiary/aromatic N) is 1. The Morgan fingerprint density at radius 1 is 0.773 bits per heavy atom. The van der Waals surface area contributed by atoms with E-state index in [1.54, 1.807) is 42.5 Å². The number of carboxylic acid groups (broad SMARTS) is 1. The van der Waals surface area contributed by atoms with Crippen molar-refractivity contribution in [2.45, 2.75) is 46.5 Å². The number of hydrogen-bond donors (Lipinski definition) is 2. The minimum atomic E-state index is -4.50. The number of carbonyl (C=O) groups excluding carboxylic acids is 2. The Morgan fingerprint density at radius 3 is 1.89 bits per heavy atom. The van der Waals surface area contributed by atoms with Crippen LogP contribution in [0.4, 0.5) is 13.2 Å². The number of aryl methyl sites for hydroxylation is 3. The molecule has 0 aliphatic heterocycles. The number of carbonyl (C=O) groups is 3. The van der Waals surface area contributed by atoms with Gasteiger partial charge in [0.25, 0.3) is 5.91 Å². The lowest BCUT2D eigenvalue weighted by atomic mass is 9.97. The molecule has 0 atom stereocenters. The molecule has 4 aromatic carbocycles. The van der Waals surface area contributed by atoms with Gasteiger partial charge in [-0.15, -0.1) is 0 Å². The Hall–Kier alpha value is -4.92. The minimum absolute atomic E-state index is 0.0607. The first-order valence-electron chi connectivity index (χ1n) is 14.0. The first kappa shape index (κ1) is 32.0. The first-order valence-corrected chi connectivity index (χ1v) is 14.0. The topological polar surface area (TPSA) is 86.7 Å². The summed E-state index contributed by atoms with van der Waals surface area (Å²) in [5.41, 5.74) is 7.14. The highest BCUT2D eigenvalue weighted by atomic mass is 19.4. The molecule has 0 aliphatic carbocycles. The van der Waals surface area contributed by atoms with Crippen LogP contribution in [0.25, 0.3) is 11.1 Å². The Balaban J connectivity index is 1.42. The Labute approximate surface area is 254 Å². The molecule has 0 aliphatic rings. The van der Waals surface area contributed by atoms with E-state index < -0.39 is 23.6 Å². The third-order valence-electron chi connectivity index (χ3n) is 7.41. The summed E-state index contributed by atoms with van der Waals surface area (Å²) < 4.78 is 38.7. The molecule has 0 saturated carbocycles. The van der Waals surface area contributed by atoms with Gasteiger partial charge in [0.1, 0.15) is 0 Å². The minimum Gasteiger partial charge on any atom is -0.474 e. The van der Waals surface area contributed by atoms with E-state index >= 15 is 0 Å². The van der Waals surface area contributed by atoms with Crippen LogP contribution >= 0.6 is 0 Å². The van der Waals surface area contributed by atoms with Crippen molar-refractivity contribution < 1.29 is 32.7 Å². The smallest absolute Gasteiger partial charge is 0.416 e. The zero-order valence-corrected chi connectivity index (χ0v) is 24.7. The summed E-state index contributed by atoms with van der Waals surface area (Å²) in [6.45, 7) is 6.48. The van der Waals surface area contributed by atoms with E-state index in [1.807, 2.05) is 6.07 Å². The maximum atomic E-state index is 12.9. The maximum Gasteiger partial charge on any atom is 0.416 e. The normalized spacial score (nSPS) is 11.2. The molecule has 0 bridgehead atoms. The number of hydrogen-bond acceptors (Lipinski definition) is 3. The largest absolute Gasteiger partial charge is 0.474 e. The molecule has 0 heterocycles. The molecule has 44 heavy (non-hydrogen) atoms. The number of rotatable bonds is 9. The number of alkyl halides is 3. The van der Waals surface area contributed by atoms with Crippen LogP contribution in [0.5, 0.6) is 0 Å². The van der Waals surface area contributed by atoms with Crippen LogP contribution in [0.15, 0.2) is 84.9 Å². The van der Waals surface area contributed by atoms with Crippen LogP contribution in [-0.4, -0.2) is 34.3 Å². The number of aliphatic carboxylic acids is 1. The zero-order valence-electron chi connectivity index (χ0n) is 24.7. The molecule has 0 aromatic heterocycles. The summed E-state index contributed by atoms with van der Waals surface area (Å²) in [6.07, 6.45) is -3.77. The predicted octanol–water partition coefficient (Wildman–Crippen LogP) is 6.88. The summed E-state index contributed by atoms with van der Waals surface area (Å²) in [4.78, 5) is 37.8. The van der Waals surface area contributed by atoms with E-state index in [0.717, 1.165) is 34.6 Å². The molecule has 4 rings (SSSR count). The Morgan fingerprint density at radius 2 is 1.34 bits per heavy atom. The molecule has 0 spiro atoms. The fraction of sp³-hybridized carbons (Fsp3) is 0.229. The maximum absolute atomic E-state index is 12.9. The molecule has 6 nitrogen and oxygen atoms in total. The van der Waals surface area contributed by atoms with Crippen molar-refractivity contribution >= 4 is 17.8 Å². The molecule has 4 aromatic rings. The standard InChI is InChI=1S/C35H33F3N2O4/c1-22-17-23(2)31(24(3)18-22)15-16-39-32(41)29-6-4-5-28(19-29)27-11-7-25(8-12-27)20-40(33(42)34(43)44)21-26-9-13-30(14-10-26)35(36,37)38/h4-14,17-19H,15-16,20-21H2,1-3H3,(H,39,41)(H,43,44).